The molecule has 138 valence electrons. The molecule has 0 aliphatic heterocycles. The molecule has 3 aromatic rings. The van der Waals surface area contributed by atoms with Gasteiger partial charge >= 0.3 is 11.1 Å². The number of fused-ring (bicyclic) bond motifs is 1. The number of aryl methyl sites for hydroxylation is 1. The predicted molar refractivity (Wildman–Crippen MR) is 104 cm³/mol. The highest BCUT2D eigenvalue weighted by molar-refractivity contribution is 5.80. The van der Waals surface area contributed by atoms with Crippen LogP contribution in [0.25, 0.3) is 11.2 Å². The highest BCUT2D eigenvalue weighted by atomic mass is 16.2. The minimum absolute atomic E-state index is 0.00414. The van der Waals surface area contributed by atoms with E-state index in [1.165, 1.54) is 4.57 Å². The molecule has 27 heavy (non-hydrogen) atoms. The van der Waals surface area contributed by atoms with Crippen molar-refractivity contribution < 1.29 is 0 Å². The van der Waals surface area contributed by atoms with Crippen molar-refractivity contribution in [3.05, 3.63) is 62.8 Å². The molecule has 0 spiro atoms. The quantitative estimate of drug-likeness (QED) is 0.434. The van der Waals surface area contributed by atoms with Crippen LogP contribution in [0.1, 0.15) is 37.3 Å². The van der Waals surface area contributed by atoms with Crippen LogP contribution < -0.4 is 16.5 Å². The third kappa shape index (κ3) is 3.25. The lowest BCUT2D eigenvalue weighted by molar-refractivity contribution is 0.507. The van der Waals surface area contributed by atoms with Crippen molar-refractivity contribution in [1.29, 1.82) is 0 Å². The highest BCUT2D eigenvalue weighted by Gasteiger charge is 2.23. The van der Waals surface area contributed by atoms with E-state index in [9.17, 15) is 9.59 Å². The standard InChI is InChI=1S/C19H20N6O2/c1-24-15-12-20-19(23-21-11-13-7-3-2-4-8-13)22-16(15)25(18(27)17(24)26)14-9-5-6-10-14/h2-4,7-8,11-12,14H,5-6,9-10H2,1H3,(H,20,22,23)/b21-11+. The van der Waals surface area contributed by atoms with Crippen LogP contribution in [0.3, 0.4) is 0 Å². The van der Waals surface area contributed by atoms with Gasteiger partial charge in [0.15, 0.2) is 5.65 Å². The number of rotatable bonds is 4. The maximum absolute atomic E-state index is 12.6. The summed E-state index contributed by atoms with van der Waals surface area (Å²) in [4.78, 5) is 33.6. The van der Waals surface area contributed by atoms with Crippen LogP contribution >= 0.6 is 0 Å². The Balaban J connectivity index is 1.75. The van der Waals surface area contributed by atoms with Crippen LogP contribution in [0.5, 0.6) is 0 Å². The first kappa shape index (κ1) is 17.1. The molecule has 4 rings (SSSR count). The van der Waals surface area contributed by atoms with Crippen molar-refractivity contribution in [3.63, 3.8) is 0 Å². The van der Waals surface area contributed by atoms with Crippen LogP contribution in [-0.4, -0.2) is 25.3 Å². The van der Waals surface area contributed by atoms with Gasteiger partial charge in [0.2, 0.25) is 5.95 Å². The smallest absolute Gasteiger partial charge is 0.303 e. The van der Waals surface area contributed by atoms with Crippen molar-refractivity contribution in [2.45, 2.75) is 31.7 Å². The van der Waals surface area contributed by atoms with E-state index in [0.717, 1.165) is 31.2 Å². The zero-order chi connectivity index (χ0) is 18.8. The Kier molecular flexibility index (Phi) is 4.53. The van der Waals surface area contributed by atoms with Crippen molar-refractivity contribution in [2.24, 2.45) is 12.1 Å². The first-order valence-corrected chi connectivity index (χ1v) is 8.97. The Morgan fingerprint density at radius 2 is 1.89 bits per heavy atom. The molecule has 0 unspecified atom stereocenters. The maximum Gasteiger partial charge on any atom is 0.318 e. The Labute approximate surface area is 155 Å². The van der Waals surface area contributed by atoms with E-state index >= 15 is 0 Å². The summed E-state index contributed by atoms with van der Waals surface area (Å²) in [6.07, 6.45) is 7.06. The van der Waals surface area contributed by atoms with Crippen LogP contribution in [0.4, 0.5) is 5.95 Å². The summed E-state index contributed by atoms with van der Waals surface area (Å²) in [5.41, 5.74) is 3.65. The third-order valence-corrected chi connectivity index (χ3v) is 4.91. The molecule has 2 aromatic heterocycles. The monoisotopic (exact) mass is 364 g/mol. The van der Waals surface area contributed by atoms with E-state index in [1.54, 1.807) is 24.0 Å². The van der Waals surface area contributed by atoms with Gasteiger partial charge in [-0.2, -0.15) is 10.1 Å². The van der Waals surface area contributed by atoms with Gasteiger partial charge in [0.05, 0.1) is 12.4 Å². The zero-order valence-corrected chi connectivity index (χ0v) is 15.0. The number of anilines is 1. The minimum atomic E-state index is -0.555. The molecule has 1 aromatic carbocycles. The van der Waals surface area contributed by atoms with Crippen LogP contribution in [-0.2, 0) is 7.05 Å². The normalized spacial score (nSPS) is 15.0. The molecule has 8 heteroatoms. The Hall–Kier alpha value is -3.29. The van der Waals surface area contributed by atoms with E-state index < -0.39 is 11.1 Å². The number of nitrogens with one attached hydrogen (secondary N) is 1. The maximum atomic E-state index is 12.6. The van der Waals surface area contributed by atoms with Crippen LogP contribution in [0, 0.1) is 0 Å². The molecule has 8 nitrogen and oxygen atoms in total. The lowest BCUT2D eigenvalue weighted by atomic mass is 10.2. The molecule has 0 saturated heterocycles. The summed E-state index contributed by atoms with van der Waals surface area (Å²) in [5, 5.41) is 4.15. The largest absolute Gasteiger partial charge is 0.318 e. The fourth-order valence-electron chi connectivity index (χ4n) is 3.49. The van der Waals surface area contributed by atoms with Gasteiger partial charge < -0.3 is 4.57 Å². The fourth-order valence-corrected chi connectivity index (χ4v) is 3.49. The lowest BCUT2D eigenvalue weighted by Gasteiger charge is -2.17. The molecule has 0 radical (unpaired) electrons. The number of nitrogens with zero attached hydrogens (tertiary/aromatic N) is 5. The molecule has 0 amide bonds. The van der Waals surface area contributed by atoms with Crippen molar-refractivity contribution in [2.75, 3.05) is 5.43 Å². The van der Waals surface area contributed by atoms with Gasteiger partial charge in [-0.05, 0) is 18.4 Å². The number of benzene rings is 1. The first-order valence-electron chi connectivity index (χ1n) is 8.97. The van der Waals surface area contributed by atoms with E-state index in [-0.39, 0.29) is 12.0 Å². The van der Waals surface area contributed by atoms with Gasteiger partial charge in [-0.15, -0.1) is 0 Å². The van der Waals surface area contributed by atoms with Gasteiger partial charge in [-0.1, -0.05) is 43.2 Å². The Morgan fingerprint density at radius 3 is 2.63 bits per heavy atom. The number of aromatic nitrogens is 4. The van der Waals surface area contributed by atoms with E-state index in [2.05, 4.69) is 20.5 Å². The van der Waals surface area contributed by atoms with Crippen LogP contribution in [0.2, 0.25) is 0 Å². The summed E-state index contributed by atoms with van der Waals surface area (Å²) >= 11 is 0. The van der Waals surface area contributed by atoms with Gasteiger partial charge in [0.1, 0.15) is 5.52 Å². The van der Waals surface area contributed by atoms with Crippen LogP contribution in [0.15, 0.2) is 51.2 Å². The summed E-state index contributed by atoms with van der Waals surface area (Å²) in [6.45, 7) is 0. The molecule has 0 atom stereocenters. The Morgan fingerprint density at radius 1 is 1.15 bits per heavy atom. The Bertz CT molecular complexity index is 1110. The lowest BCUT2D eigenvalue weighted by Crippen LogP contribution is -2.42. The third-order valence-electron chi connectivity index (χ3n) is 4.91. The second-order valence-electron chi connectivity index (χ2n) is 6.66. The molecule has 1 saturated carbocycles. The summed E-state index contributed by atoms with van der Waals surface area (Å²) < 4.78 is 2.85. The molecular formula is C19H20N6O2. The van der Waals surface area contributed by atoms with Crippen molar-refractivity contribution in [3.8, 4) is 0 Å². The highest BCUT2D eigenvalue weighted by Crippen LogP contribution is 2.29. The second-order valence-corrected chi connectivity index (χ2v) is 6.66. The number of hydrazone groups is 1. The molecular weight excluding hydrogens is 344 g/mol. The van der Waals surface area contributed by atoms with Crippen molar-refractivity contribution in [1.82, 2.24) is 19.1 Å². The molecule has 1 N–H and O–H groups in total. The van der Waals surface area contributed by atoms with Gasteiger partial charge in [0, 0.05) is 13.1 Å². The van der Waals surface area contributed by atoms with E-state index in [4.69, 9.17) is 0 Å². The fraction of sp³-hybridized carbons (Fsp3) is 0.316. The number of hydrogen-bond acceptors (Lipinski definition) is 6. The molecule has 0 bridgehead atoms. The SMILES string of the molecule is Cn1c(=O)c(=O)n(C2CCCC2)c2nc(N/N=C/c3ccccc3)ncc21. The van der Waals surface area contributed by atoms with Gasteiger partial charge in [-0.25, -0.2) is 10.4 Å². The van der Waals surface area contributed by atoms with E-state index in [1.807, 2.05) is 30.3 Å². The summed E-state index contributed by atoms with van der Waals surface area (Å²) in [5.74, 6) is 0.277. The van der Waals surface area contributed by atoms with Gasteiger partial charge in [0.25, 0.3) is 0 Å². The molecule has 1 fully saturated rings. The second kappa shape index (κ2) is 7.14. The zero-order valence-electron chi connectivity index (χ0n) is 15.0. The number of hydrogen-bond donors (Lipinski definition) is 1. The first-order chi connectivity index (χ1) is 13.1. The topological polar surface area (TPSA) is 94.2 Å². The molecule has 1 aliphatic carbocycles. The molecule has 1 aliphatic rings. The summed E-state index contributed by atoms with van der Waals surface area (Å²) in [6, 6.07) is 9.65. The van der Waals surface area contributed by atoms with Gasteiger partial charge in [-0.3, -0.25) is 14.2 Å². The van der Waals surface area contributed by atoms with Crippen molar-refractivity contribution >= 4 is 23.3 Å². The molecule has 2 heterocycles. The predicted octanol–water partition coefficient (Wildman–Crippen LogP) is 2.05. The average Bonchev–Trinajstić information content (AvgIpc) is 3.21. The minimum Gasteiger partial charge on any atom is -0.303 e. The van der Waals surface area contributed by atoms with E-state index in [0.29, 0.717) is 11.2 Å². The average molecular weight is 364 g/mol. The summed E-state index contributed by atoms with van der Waals surface area (Å²) in [7, 11) is 1.56.